The molecule has 0 spiro atoms. The molecule has 0 bridgehead atoms. The van der Waals surface area contributed by atoms with E-state index in [0.717, 1.165) is 29.5 Å². The highest BCUT2D eigenvalue weighted by Crippen LogP contribution is 2.34. The Hall–Kier alpha value is -0.900. The van der Waals surface area contributed by atoms with Crippen LogP contribution in [0.5, 0.6) is 0 Å². The summed E-state index contributed by atoms with van der Waals surface area (Å²) < 4.78 is 0. The molecule has 0 aliphatic carbocycles. The van der Waals surface area contributed by atoms with Crippen molar-refractivity contribution in [3.8, 4) is 0 Å². The molecule has 0 saturated carbocycles. The first-order valence-corrected chi connectivity index (χ1v) is 7.25. The lowest BCUT2D eigenvalue weighted by Gasteiger charge is -2.43. The van der Waals surface area contributed by atoms with Crippen molar-refractivity contribution >= 4 is 22.9 Å². The summed E-state index contributed by atoms with van der Waals surface area (Å²) in [5, 5.41) is 5.34. The fraction of sp³-hybridized carbons (Fsp3) is 0.357. The summed E-state index contributed by atoms with van der Waals surface area (Å²) in [4.78, 5) is 5.71. The Bertz CT molecular complexity index is 543. The van der Waals surface area contributed by atoms with Gasteiger partial charge in [0.1, 0.15) is 0 Å². The molecule has 1 aromatic carbocycles. The van der Waals surface area contributed by atoms with Gasteiger partial charge in [0.15, 0.2) is 0 Å². The maximum Gasteiger partial charge on any atom is 0.0896 e. The maximum absolute atomic E-state index is 5.96. The highest BCUT2D eigenvalue weighted by molar-refractivity contribution is 7.11. The molecule has 18 heavy (non-hydrogen) atoms. The highest BCUT2D eigenvalue weighted by atomic mass is 35.5. The van der Waals surface area contributed by atoms with Gasteiger partial charge in [0, 0.05) is 34.6 Å². The van der Waals surface area contributed by atoms with Crippen molar-refractivity contribution in [3.63, 3.8) is 0 Å². The molecule has 4 heteroatoms. The number of nitrogens with zero attached hydrogens (tertiary/aromatic N) is 1. The van der Waals surface area contributed by atoms with E-state index < -0.39 is 0 Å². The molecule has 1 fully saturated rings. The topological polar surface area (TPSA) is 24.9 Å². The maximum atomic E-state index is 5.96. The molecule has 2 aromatic rings. The predicted octanol–water partition coefficient (Wildman–Crippen LogP) is 3.19. The second-order valence-corrected chi connectivity index (χ2v) is 6.67. The van der Waals surface area contributed by atoms with Gasteiger partial charge in [-0.1, -0.05) is 23.7 Å². The van der Waals surface area contributed by atoms with Gasteiger partial charge in [-0.15, -0.1) is 11.3 Å². The number of aromatic nitrogens is 1. The van der Waals surface area contributed by atoms with E-state index in [1.165, 1.54) is 10.4 Å². The van der Waals surface area contributed by atoms with Gasteiger partial charge >= 0.3 is 0 Å². The van der Waals surface area contributed by atoms with E-state index in [9.17, 15) is 0 Å². The summed E-state index contributed by atoms with van der Waals surface area (Å²) in [6.07, 6.45) is 3.07. The molecule has 0 radical (unpaired) electrons. The van der Waals surface area contributed by atoms with Crippen LogP contribution in [0.3, 0.4) is 0 Å². The number of thiazole rings is 1. The quantitative estimate of drug-likeness (QED) is 0.933. The van der Waals surface area contributed by atoms with Gasteiger partial charge in [-0.25, -0.2) is 4.98 Å². The van der Waals surface area contributed by atoms with E-state index in [1.807, 2.05) is 18.3 Å². The minimum absolute atomic E-state index is 0.226. The Labute approximate surface area is 116 Å². The number of halogens is 1. The number of aryl methyl sites for hydroxylation is 1. The number of nitrogens with one attached hydrogen (secondary N) is 1. The highest BCUT2D eigenvalue weighted by Gasteiger charge is 2.39. The molecule has 0 unspecified atom stereocenters. The fourth-order valence-corrected chi connectivity index (χ4v) is 3.55. The predicted molar refractivity (Wildman–Crippen MR) is 76.6 cm³/mol. The second kappa shape index (κ2) is 4.65. The average molecular weight is 279 g/mol. The summed E-state index contributed by atoms with van der Waals surface area (Å²) in [6.45, 7) is 4.12. The third-order valence-corrected chi connectivity index (χ3v) is 4.73. The van der Waals surface area contributed by atoms with E-state index in [0.29, 0.717) is 0 Å². The lowest BCUT2D eigenvalue weighted by atomic mass is 9.72. The first-order valence-electron chi connectivity index (χ1n) is 6.06. The van der Waals surface area contributed by atoms with Gasteiger partial charge < -0.3 is 5.32 Å². The third kappa shape index (κ3) is 2.18. The van der Waals surface area contributed by atoms with Crippen LogP contribution in [-0.4, -0.2) is 18.1 Å². The normalized spacial score (nSPS) is 17.4. The molecule has 2 nitrogen and oxygen atoms in total. The zero-order valence-electron chi connectivity index (χ0n) is 10.2. The van der Waals surface area contributed by atoms with E-state index >= 15 is 0 Å². The Morgan fingerprint density at radius 1 is 1.33 bits per heavy atom. The molecule has 0 atom stereocenters. The van der Waals surface area contributed by atoms with Gasteiger partial charge in [-0.3, -0.25) is 0 Å². The van der Waals surface area contributed by atoms with E-state index in [1.54, 1.807) is 11.3 Å². The SMILES string of the molecule is Cc1ncc(CC2(c3ccc(Cl)cc3)CNC2)s1. The minimum atomic E-state index is 0.226. The Morgan fingerprint density at radius 3 is 2.56 bits per heavy atom. The lowest BCUT2D eigenvalue weighted by Crippen LogP contribution is -2.58. The molecule has 3 rings (SSSR count). The van der Waals surface area contributed by atoms with Crippen LogP contribution in [0.2, 0.25) is 5.02 Å². The Morgan fingerprint density at radius 2 is 2.06 bits per heavy atom. The van der Waals surface area contributed by atoms with Crippen LogP contribution in [0.15, 0.2) is 30.5 Å². The second-order valence-electron chi connectivity index (χ2n) is 4.91. The Kier molecular flexibility index (Phi) is 3.14. The first kappa shape index (κ1) is 12.2. The zero-order valence-corrected chi connectivity index (χ0v) is 11.8. The van der Waals surface area contributed by atoms with Crippen molar-refractivity contribution in [1.82, 2.24) is 10.3 Å². The largest absolute Gasteiger partial charge is 0.315 e. The third-order valence-electron chi connectivity index (χ3n) is 3.57. The van der Waals surface area contributed by atoms with Crippen molar-refractivity contribution in [2.45, 2.75) is 18.8 Å². The van der Waals surface area contributed by atoms with Crippen molar-refractivity contribution in [1.29, 1.82) is 0 Å². The summed E-state index contributed by atoms with van der Waals surface area (Å²) >= 11 is 7.76. The average Bonchev–Trinajstić information content (AvgIpc) is 2.71. The van der Waals surface area contributed by atoms with Crippen LogP contribution in [0.1, 0.15) is 15.4 Å². The molecule has 1 aromatic heterocycles. The van der Waals surface area contributed by atoms with Gasteiger partial charge in [0.05, 0.1) is 5.01 Å². The van der Waals surface area contributed by atoms with Crippen molar-refractivity contribution < 1.29 is 0 Å². The van der Waals surface area contributed by atoms with Crippen LogP contribution in [0.4, 0.5) is 0 Å². The summed E-state index contributed by atoms with van der Waals surface area (Å²) in [5.74, 6) is 0. The fourth-order valence-electron chi connectivity index (χ4n) is 2.48. The molecule has 1 saturated heterocycles. The molecule has 94 valence electrons. The summed E-state index contributed by atoms with van der Waals surface area (Å²) in [7, 11) is 0. The first-order chi connectivity index (χ1) is 8.68. The van der Waals surface area contributed by atoms with E-state index in [-0.39, 0.29) is 5.41 Å². The van der Waals surface area contributed by atoms with Crippen LogP contribution >= 0.6 is 22.9 Å². The lowest BCUT2D eigenvalue weighted by molar-refractivity contribution is 0.276. The van der Waals surface area contributed by atoms with Gasteiger partial charge in [-0.2, -0.15) is 0 Å². The van der Waals surface area contributed by atoms with Crippen molar-refractivity contribution in [3.05, 3.63) is 50.9 Å². The van der Waals surface area contributed by atoms with Gasteiger partial charge in [-0.05, 0) is 31.0 Å². The van der Waals surface area contributed by atoms with Crippen LogP contribution in [0, 0.1) is 6.92 Å². The molecule has 1 aliphatic rings. The number of hydrogen-bond donors (Lipinski definition) is 1. The standard InChI is InChI=1S/C14H15ClN2S/c1-10-17-7-13(18-10)6-14(8-16-9-14)11-2-4-12(15)5-3-11/h2-5,7,16H,6,8-9H2,1H3. The van der Waals surface area contributed by atoms with Crippen LogP contribution in [0.25, 0.3) is 0 Å². The van der Waals surface area contributed by atoms with Gasteiger partial charge in [0.25, 0.3) is 0 Å². The zero-order chi connectivity index (χ0) is 12.6. The minimum Gasteiger partial charge on any atom is -0.315 e. The molecule has 1 aliphatic heterocycles. The Balaban J connectivity index is 1.88. The summed E-state index contributed by atoms with van der Waals surface area (Å²) in [5.41, 5.74) is 1.60. The summed E-state index contributed by atoms with van der Waals surface area (Å²) in [6, 6.07) is 8.26. The smallest absolute Gasteiger partial charge is 0.0896 e. The monoisotopic (exact) mass is 278 g/mol. The number of hydrogen-bond acceptors (Lipinski definition) is 3. The molecule has 0 amide bonds. The molecular weight excluding hydrogens is 264 g/mol. The molecule has 2 heterocycles. The van der Waals surface area contributed by atoms with Crippen molar-refractivity contribution in [2.24, 2.45) is 0 Å². The van der Waals surface area contributed by atoms with E-state index in [2.05, 4.69) is 29.4 Å². The number of rotatable bonds is 3. The molecule has 1 N–H and O–H groups in total. The van der Waals surface area contributed by atoms with Crippen molar-refractivity contribution in [2.75, 3.05) is 13.1 Å². The van der Waals surface area contributed by atoms with Crippen LogP contribution in [-0.2, 0) is 11.8 Å². The van der Waals surface area contributed by atoms with E-state index in [4.69, 9.17) is 11.6 Å². The van der Waals surface area contributed by atoms with Crippen LogP contribution < -0.4 is 5.32 Å². The number of benzene rings is 1. The molecular formula is C14H15ClN2S. The van der Waals surface area contributed by atoms with Gasteiger partial charge in [0.2, 0.25) is 0 Å².